The van der Waals surface area contributed by atoms with E-state index in [1.165, 1.54) is 0 Å². The second-order valence-electron chi connectivity index (χ2n) is 2.30. The third kappa shape index (κ3) is 0.835. The van der Waals surface area contributed by atoms with Crippen LogP contribution in [-0.4, -0.2) is 6.29 Å². The molecule has 0 fully saturated rings. The third-order valence-electron chi connectivity index (χ3n) is 1.63. The maximum absolute atomic E-state index is 10.4. The van der Waals surface area contributed by atoms with E-state index in [1.807, 2.05) is 12.1 Å². The van der Waals surface area contributed by atoms with E-state index < -0.39 is 0 Å². The largest absolute Gasteiger partial charge is 0.464 e. The Bertz CT molecular complexity index is 349. The molecule has 2 rings (SSSR count). The SMILES string of the molecule is O=Cc1ccc2cccoc1-2. The average Bonchev–Trinajstić information content (AvgIpc) is 2.47. The van der Waals surface area contributed by atoms with Crippen molar-refractivity contribution in [2.24, 2.45) is 0 Å². The summed E-state index contributed by atoms with van der Waals surface area (Å²) in [6, 6.07) is 7.33. The summed E-state index contributed by atoms with van der Waals surface area (Å²) in [5, 5.41) is 0. The van der Waals surface area contributed by atoms with E-state index in [0.717, 1.165) is 11.8 Å². The van der Waals surface area contributed by atoms with Crippen molar-refractivity contribution in [3.63, 3.8) is 0 Å². The molecule has 2 aliphatic rings. The predicted octanol–water partition coefficient (Wildman–Crippen LogP) is 2.20. The summed E-state index contributed by atoms with van der Waals surface area (Å²) < 4.78 is 5.14. The number of hydrogen-bond donors (Lipinski definition) is 0. The van der Waals surface area contributed by atoms with Crippen LogP contribution in [0.2, 0.25) is 0 Å². The van der Waals surface area contributed by atoms with Crippen molar-refractivity contribution in [1.29, 1.82) is 0 Å². The molecular weight excluding hydrogens is 140 g/mol. The molecule has 1 aliphatic heterocycles. The van der Waals surface area contributed by atoms with Crippen LogP contribution < -0.4 is 0 Å². The lowest BCUT2D eigenvalue weighted by Crippen LogP contribution is -1.77. The van der Waals surface area contributed by atoms with Crippen molar-refractivity contribution < 1.29 is 9.21 Å². The highest BCUT2D eigenvalue weighted by molar-refractivity contribution is 5.86. The first-order valence-electron chi connectivity index (χ1n) is 3.33. The van der Waals surface area contributed by atoms with Gasteiger partial charge in [-0.2, -0.15) is 0 Å². The lowest BCUT2D eigenvalue weighted by atomic mass is 10.2. The van der Waals surface area contributed by atoms with Crippen molar-refractivity contribution in [2.45, 2.75) is 0 Å². The molecule has 0 N–H and O–H groups in total. The predicted molar refractivity (Wildman–Crippen MR) is 40.7 cm³/mol. The molecule has 0 spiro atoms. The van der Waals surface area contributed by atoms with Gasteiger partial charge in [-0.15, -0.1) is 0 Å². The second kappa shape index (κ2) is 2.23. The van der Waals surface area contributed by atoms with Crippen LogP contribution in [0.1, 0.15) is 10.4 Å². The van der Waals surface area contributed by atoms with Gasteiger partial charge < -0.3 is 4.42 Å². The quantitative estimate of drug-likeness (QED) is 0.577. The van der Waals surface area contributed by atoms with Crippen molar-refractivity contribution in [3.05, 3.63) is 36.1 Å². The molecule has 0 aromatic rings. The molecule has 54 valence electrons. The fourth-order valence-corrected chi connectivity index (χ4v) is 1.11. The Hall–Kier alpha value is -1.57. The number of carbonyl (C=O) groups is 1. The summed E-state index contributed by atoms with van der Waals surface area (Å²) in [7, 11) is 0. The first-order chi connectivity index (χ1) is 5.42. The molecule has 0 unspecified atom stereocenters. The van der Waals surface area contributed by atoms with Crippen LogP contribution in [0.15, 0.2) is 34.9 Å². The highest BCUT2D eigenvalue weighted by Crippen LogP contribution is 2.25. The summed E-state index contributed by atoms with van der Waals surface area (Å²) in [6.45, 7) is 0. The van der Waals surface area contributed by atoms with Crippen LogP contribution in [0, 0.1) is 0 Å². The van der Waals surface area contributed by atoms with Crippen LogP contribution in [0.25, 0.3) is 11.3 Å². The zero-order chi connectivity index (χ0) is 7.68. The van der Waals surface area contributed by atoms with Gasteiger partial charge in [-0.1, -0.05) is 6.07 Å². The molecule has 2 heteroatoms. The minimum atomic E-state index is 0.612. The van der Waals surface area contributed by atoms with E-state index >= 15 is 0 Å². The van der Waals surface area contributed by atoms with E-state index in [4.69, 9.17) is 4.42 Å². The topological polar surface area (TPSA) is 30.2 Å². The maximum atomic E-state index is 10.4. The first kappa shape index (κ1) is 6.16. The second-order valence-corrected chi connectivity index (χ2v) is 2.30. The molecule has 0 bridgehead atoms. The Morgan fingerprint density at radius 1 is 1.27 bits per heavy atom. The number of fused-ring (bicyclic) bond motifs is 1. The standard InChI is InChI=1S/C9H6O2/c10-6-8-4-3-7-2-1-5-11-9(7)8/h1-6H. The molecule has 0 saturated heterocycles. The Morgan fingerprint density at radius 3 is 3.00 bits per heavy atom. The van der Waals surface area contributed by atoms with Crippen LogP contribution in [0.5, 0.6) is 0 Å². The van der Waals surface area contributed by atoms with Crippen LogP contribution in [0.4, 0.5) is 0 Å². The van der Waals surface area contributed by atoms with E-state index in [9.17, 15) is 4.79 Å². The van der Waals surface area contributed by atoms with Gasteiger partial charge in [0.05, 0.1) is 11.8 Å². The summed E-state index contributed by atoms with van der Waals surface area (Å²) >= 11 is 0. The van der Waals surface area contributed by atoms with Gasteiger partial charge in [0.1, 0.15) is 5.76 Å². The van der Waals surface area contributed by atoms with Crippen molar-refractivity contribution in [1.82, 2.24) is 0 Å². The highest BCUT2D eigenvalue weighted by Gasteiger charge is 2.08. The summed E-state index contributed by atoms with van der Waals surface area (Å²) in [5.74, 6) is 0.669. The highest BCUT2D eigenvalue weighted by atomic mass is 16.3. The number of aldehydes is 1. The number of carbonyl (C=O) groups excluding carboxylic acids is 1. The van der Waals surface area contributed by atoms with Gasteiger partial charge in [0.15, 0.2) is 6.29 Å². The van der Waals surface area contributed by atoms with Crippen LogP contribution in [-0.2, 0) is 0 Å². The van der Waals surface area contributed by atoms with Crippen molar-refractivity contribution in [2.75, 3.05) is 0 Å². The van der Waals surface area contributed by atoms with E-state index in [0.29, 0.717) is 11.3 Å². The molecule has 0 radical (unpaired) electrons. The Kier molecular flexibility index (Phi) is 1.25. The van der Waals surface area contributed by atoms with Gasteiger partial charge in [0, 0.05) is 5.56 Å². The van der Waals surface area contributed by atoms with E-state index in [1.54, 1.807) is 18.4 Å². The van der Waals surface area contributed by atoms with Gasteiger partial charge in [-0.3, -0.25) is 4.79 Å². The Labute approximate surface area is 63.8 Å². The molecule has 1 heterocycles. The fraction of sp³-hybridized carbons (Fsp3) is 0. The molecule has 0 amide bonds. The van der Waals surface area contributed by atoms with E-state index in [-0.39, 0.29) is 0 Å². The number of rotatable bonds is 1. The average molecular weight is 146 g/mol. The summed E-state index contributed by atoms with van der Waals surface area (Å²) in [4.78, 5) is 10.4. The van der Waals surface area contributed by atoms with Crippen molar-refractivity contribution >= 4 is 6.29 Å². The molecule has 11 heavy (non-hydrogen) atoms. The van der Waals surface area contributed by atoms with Crippen LogP contribution >= 0.6 is 0 Å². The normalized spacial score (nSPS) is 10.2. The monoisotopic (exact) mass is 146 g/mol. The van der Waals surface area contributed by atoms with Gasteiger partial charge in [-0.05, 0) is 18.2 Å². The number of hydrogen-bond acceptors (Lipinski definition) is 2. The van der Waals surface area contributed by atoms with Gasteiger partial charge in [0.25, 0.3) is 0 Å². The third-order valence-corrected chi connectivity index (χ3v) is 1.63. The van der Waals surface area contributed by atoms with Gasteiger partial charge in [-0.25, -0.2) is 0 Å². The molecule has 0 saturated carbocycles. The molecule has 0 aromatic carbocycles. The molecule has 1 aliphatic carbocycles. The Morgan fingerprint density at radius 2 is 2.18 bits per heavy atom. The lowest BCUT2D eigenvalue weighted by molar-refractivity contribution is 0.112. The summed E-state index contributed by atoms with van der Waals surface area (Å²) in [5.41, 5.74) is 1.58. The van der Waals surface area contributed by atoms with Gasteiger partial charge in [0.2, 0.25) is 0 Å². The molecule has 0 aromatic heterocycles. The van der Waals surface area contributed by atoms with Crippen LogP contribution in [0.3, 0.4) is 0 Å². The lowest BCUT2D eigenvalue weighted by Gasteiger charge is -1.95. The Balaban J connectivity index is 2.73. The zero-order valence-electron chi connectivity index (χ0n) is 5.78. The summed E-state index contributed by atoms with van der Waals surface area (Å²) in [6.07, 6.45) is 2.36. The van der Waals surface area contributed by atoms with E-state index in [2.05, 4.69) is 0 Å². The minimum absolute atomic E-state index is 0.612. The smallest absolute Gasteiger partial charge is 0.153 e. The fourth-order valence-electron chi connectivity index (χ4n) is 1.11. The molecule has 0 atom stereocenters. The minimum Gasteiger partial charge on any atom is -0.464 e. The van der Waals surface area contributed by atoms with Gasteiger partial charge >= 0.3 is 0 Å². The first-order valence-corrected chi connectivity index (χ1v) is 3.33. The van der Waals surface area contributed by atoms with Crippen molar-refractivity contribution in [3.8, 4) is 11.3 Å². The molecular formula is C9H6O2. The zero-order valence-corrected chi connectivity index (χ0v) is 5.78. The maximum Gasteiger partial charge on any atom is 0.153 e. The molecule has 2 nitrogen and oxygen atoms in total.